The minimum Gasteiger partial charge on any atom is -0.351 e. The molecule has 1 fully saturated rings. The van der Waals surface area contributed by atoms with Crippen molar-refractivity contribution in [2.75, 3.05) is 13.1 Å². The molecular weight excluding hydrogens is 352 g/mol. The number of rotatable bonds is 5. The average molecular weight is 380 g/mol. The van der Waals surface area contributed by atoms with Gasteiger partial charge in [-0.2, -0.15) is 5.10 Å². The second-order valence-corrected chi connectivity index (χ2v) is 7.97. The molecule has 1 unspecified atom stereocenters. The first-order valence-electron chi connectivity index (χ1n) is 10.3. The van der Waals surface area contributed by atoms with Crippen LogP contribution in [0.4, 0.5) is 0 Å². The molecule has 1 aromatic carbocycles. The third-order valence-electron chi connectivity index (χ3n) is 5.91. The van der Waals surface area contributed by atoms with Crippen LogP contribution in [0.1, 0.15) is 49.0 Å². The summed E-state index contributed by atoms with van der Waals surface area (Å²) in [6.45, 7) is 4.64. The van der Waals surface area contributed by atoms with Crippen molar-refractivity contribution in [2.45, 2.75) is 57.7 Å². The number of benzene rings is 1. The van der Waals surface area contributed by atoms with Crippen molar-refractivity contribution in [3.63, 3.8) is 0 Å². The van der Waals surface area contributed by atoms with Gasteiger partial charge in [0.25, 0.3) is 5.56 Å². The Morgan fingerprint density at radius 2 is 1.96 bits per heavy atom. The number of aryl methyl sites for hydroxylation is 2. The van der Waals surface area contributed by atoms with Crippen molar-refractivity contribution in [1.82, 2.24) is 20.0 Å². The monoisotopic (exact) mass is 380 g/mol. The van der Waals surface area contributed by atoms with Gasteiger partial charge in [-0.05, 0) is 50.2 Å². The molecule has 28 heavy (non-hydrogen) atoms. The Balaban J connectivity index is 1.31. The minimum atomic E-state index is -0.583. The summed E-state index contributed by atoms with van der Waals surface area (Å²) in [6.07, 6.45) is 4.70. The lowest BCUT2D eigenvalue weighted by Crippen LogP contribution is -2.47. The maximum Gasteiger partial charge on any atom is 0.267 e. The van der Waals surface area contributed by atoms with Gasteiger partial charge in [0.2, 0.25) is 5.91 Å². The van der Waals surface area contributed by atoms with Crippen LogP contribution in [0, 0.1) is 0 Å². The van der Waals surface area contributed by atoms with Gasteiger partial charge in [0.05, 0.1) is 5.69 Å². The van der Waals surface area contributed by atoms with Gasteiger partial charge in [-0.15, -0.1) is 0 Å². The molecular formula is C22H28N4O2. The van der Waals surface area contributed by atoms with Crippen molar-refractivity contribution in [1.29, 1.82) is 0 Å². The highest BCUT2D eigenvalue weighted by Crippen LogP contribution is 2.18. The molecule has 1 saturated heterocycles. The summed E-state index contributed by atoms with van der Waals surface area (Å²) in [4.78, 5) is 27.5. The van der Waals surface area contributed by atoms with Crippen molar-refractivity contribution < 1.29 is 4.79 Å². The molecule has 1 N–H and O–H groups in total. The number of aromatic nitrogens is 2. The summed E-state index contributed by atoms with van der Waals surface area (Å²) < 4.78 is 1.35. The molecule has 1 amide bonds. The predicted molar refractivity (Wildman–Crippen MR) is 108 cm³/mol. The highest BCUT2D eigenvalue weighted by Gasteiger charge is 2.25. The van der Waals surface area contributed by atoms with Gasteiger partial charge in [-0.25, -0.2) is 4.68 Å². The number of piperidine rings is 1. The fraction of sp³-hybridized carbons (Fsp3) is 0.500. The maximum absolute atomic E-state index is 12.7. The van der Waals surface area contributed by atoms with Crippen LogP contribution in [0.3, 0.4) is 0 Å². The van der Waals surface area contributed by atoms with E-state index in [1.807, 2.05) is 6.07 Å². The van der Waals surface area contributed by atoms with Crippen LogP contribution in [-0.2, 0) is 24.2 Å². The minimum absolute atomic E-state index is 0.117. The van der Waals surface area contributed by atoms with Gasteiger partial charge >= 0.3 is 0 Å². The number of nitrogens with one attached hydrogen (secondary N) is 1. The molecule has 0 spiro atoms. The first-order valence-corrected chi connectivity index (χ1v) is 10.3. The van der Waals surface area contributed by atoms with E-state index in [9.17, 15) is 9.59 Å². The molecule has 4 rings (SSSR count). The normalized spacial score (nSPS) is 18.6. The van der Waals surface area contributed by atoms with E-state index in [1.165, 1.54) is 10.2 Å². The van der Waals surface area contributed by atoms with E-state index < -0.39 is 6.04 Å². The lowest BCUT2D eigenvalue weighted by Gasteiger charge is -2.33. The molecule has 0 radical (unpaired) electrons. The molecule has 1 aliphatic heterocycles. The number of carbonyl (C=O) groups excluding carboxylic acids is 1. The van der Waals surface area contributed by atoms with Crippen LogP contribution in [0.5, 0.6) is 0 Å². The Morgan fingerprint density at radius 3 is 2.71 bits per heavy atom. The Labute approximate surface area is 165 Å². The zero-order valence-electron chi connectivity index (χ0n) is 16.4. The smallest absolute Gasteiger partial charge is 0.267 e. The molecule has 2 aromatic rings. The van der Waals surface area contributed by atoms with Gasteiger partial charge in [0.15, 0.2) is 0 Å². The standard InChI is InChI=1S/C22H28N4O2/c1-16(26-21(27)14-18-8-5-9-20(18)24-26)22(28)23-19-10-12-25(13-11-19)15-17-6-3-2-4-7-17/h2-4,6-7,14,16,19H,5,8-13,15H2,1H3,(H,23,28). The van der Waals surface area contributed by atoms with E-state index >= 15 is 0 Å². The third-order valence-corrected chi connectivity index (χ3v) is 5.91. The van der Waals surface area contributed by atoms with E-state index in [4.69, 9.17) is 0 Å². The topological polar surface area (TPSA) is 67.2 Å². The van der Waals surface area contributed by atoms with Gasteiger partial charge < -0.3 is 5.32 Å². The number of amides is 1. The molecule has 6 nitrogen and oxygen atoms in total. The highest BCUT2D eigenvalue weighted by molar-refractivity contribution is 5.80. The molecule has 6 heteroatoms. The summed E-state index contributed by atoms with van der Waals surface area (Å²) in [6, 6.07) is 11.7. The number of likely N-dealkylation sites (tertiary alicyclic amines) is 1. The van der Waals surface area contributed by atoms with Crippen molar-refractivity contribution >= 4 is 5.91 Å². The van der Waals surface area contributed by atoms with E-state index in [1.54, 1.807) is 13.0 Å². The number of fused-ring (bicyclic) bond motifs is 1. The summed E-state index contributed by atoms with van der Waals surface area (Å²) in [5.41, 5.74) is 3.15. The zero-order valence-corrected chi connectivity index (χ0v) is 16.4. The Hall–Kier alpha value is -2.47. The van der Waals surface area contributed by atoms with Crippen LogP contribution in [0.2, 0.25) is 0 Å². The summed E-state index contributed by atoms with van der Waals surface area (Å²) in [7, 11) is 0. The van der Waals surface area contributed by atoms with Gasteiger partial charge in [-0.1, -0.05) is 30.3 Å². The molecule has 1 aliphatic carbocycles. The maximum atomic E-state index is 12.7. The van der Waals surface area contributed by atoms with Crippen LogP contribution in [0.25, 0.3) is 0 Å². The molecule has 0 bridgehead atoms. The SMILES string of the molecule is CC(C(=O)NC1CCN(Cc2ccccc2)CC1)n1nc2c(cc1=O)CCC2. The second kappa shape index (κ2) is 8.27. The quantitative estimate of drug-likeness (QED) is 0.862. The number of hydrogen-bond donors (Lipinski definition) is 1. The molecule has 2 heterocycles. The first kappa shape index (κ1) is 18.9. The molecule has 2 aliphatic rings. The van der Waals surface area contributed by atoms with Crippen molar-refractivity contribution in [3.05, 3.63) is 63.6 Å². The predicted octanol–water partition coefficient (Wildman–Crippen LogP) is 2.07. The van der Waals surface area contributed by atoms with Crippen LogP contribution in [0.15, 0.2) is 41.2 Å². The lowest BCUT2D eigenvalue weighted by atomic mass is 10.0. The van der Waals surface area contributed by atoms with Gasteiger partial charge in [0.1, 0.15) is 6.04 Å². The lowest BCUT2D eigenvalue weighted by molar-refractivity contribution is -0.125. The van der Waals surface area contributed by atoms with E-state index in [0.29, 0.717) is 0 Å². The van der Waals surface area contributed by atoms with Crippen LogP contribution < -0.4 is 10.9 Å². The van der Waals surface area contributed by atoms with E-state index in [2.05, 4.69) is 39.6 Å². The Kier molecular flexibility index (Phi) is 5.57. The summed E-state index contributed by atoms with van der Waals surface area (Å²) >= 11 is 0. The zero-order chi connectivity index (χ0) is 19.5. The van der Waals surface area contributed by atoms with Crippen LogP contribution >= 0.6 is 0 Å². The van der Waals surface area contributed by atoms with E-state index in [-0.39, 0.29) is 17.5 Å². The number of carbonyl (C=O) groups is 1. The molecule has 1 atom stereocenters. The van der Waals surface area contributed by atoms with Gasteiger partial charge in [0, 0.05) is 31.7 Å². The Bertz CT molecular complexity index is 885. The fourth-order valence-corrected chi connectivity index (χ4v) is 4.20. The number of nitrogens with zero attached hydrogens (tertiary/aromatic N) is 3. The second-order valence-electron chi connectivity index (χ2n) is 7.97. The van der Waals surface area contributed by atoms with Crippen LogP contribution in [-0.4, -0.2) is 39.7 Å². The average Bonchev–Trinajstić information content (AvgIpc) is 3.16. The van der Waals surface area contributed by atoms with Gasteiger partial charge in [-0.3, -0.25) is 14.5 Å². The van der Waals surface area contributed by atoms with Crippen molar-refractivity contribution in [2.24, 2.45) is 0 Å². The molecule has 148 valence electrons. The largest absolute Gasteiger partial charge is 0.351 e. The highest BCUT2D eigenvalue weighted by atomic mass is 16.2. The molecule has 0 saturated carbocycles. The van der Waals surface area contributed by atoms with Crippen molar-refractivity contribution in [3.8, 4) is 0 Å². The molecule has 1 aromatic heterocycles. The Morgan fingerprint density at radius 1 is 1.21 bits per heavy atom. The summed E-state index contributed by atoms with van der Waals surface area (Å²) in [5.74, 6) is -0.117. The third kappa shape index (κ3) is 4.17. The number of hydrogen-bond acceptors (Lipinski definition) is 4. The fourth-order valence-electron chi connectivity index (χ4n) is 4.20. The summed E-state index contributed by atoms with van der Waals surface area (Å²) in [5, 5.41) is 7.59. The van der Waals surface area contributed by atoms with E-state index in [0.717, 1.165) is 63.0 Å². The first-order chi connectivity index (χ1) is 13.6.